The second-order valence-corrected chi connectivity index (χ2v) is 8.93. The van der Waals surface area contributed by atoms with Crippen molar-refractivity contribution in [3.05, 3.63) is 74.4 Å². The Bertz CT molecular complexity index is 1330. The monoisotopic (exact) mass is 440 g/mol. The number of nitrogens with zero attached hydrogens (tertiary/aromatic N) is 3. The SMILES string of the molecule is O=c1[nH]c2c(sc3ccccc32)c(=O)n1CCN1CCN(c2ccccc2Cl)CC1. The molecule has 0 radical (unpaired) electrons. The maximum atomic E-state index is 13.0. The summed E-state index contributed by atoms with van der Waals surface area (Å²) in [5, 5.41) is 1.69. The average Bonchev–Trinajstić information content (AvgIpc) is 3.13. The normalized spacial score (nSPS) is 15.3. The minimum Gasteiger partial charge on any atom is -0.368 e. The Kier molecular flexibility index (Phi) is 5.10. The number of halogens is 1. The third-order valence-corrected chi connectivity index (χ3v) is 7.20. The van der Waals surface area contributed by atoms with Crippen LogP contribution in [0.3, 0.4) is 0 Å². The fourth-order valence-corrected chi connectivity index (χ4v) is 5.44. The van der Waals surface area contributed by atoms with Crippen molar-refractivity contribution >= 4 is 48.9 Å². The van der Waals surface area contributed by atoms with E-state index in [1.165, 1.54) is 15.9 Å². The van der Waals surface area contributed by atoms with Gasteiger partial charge in [-0.1, -0.05) is 41.9 Å². The number of piperazine rings is 1. The van der Waals surface area contributed by atoms with Crippen molar-refractivity contribution in [2.75, 3.05) is 37.6 Å². The van der Waals surface area contributed by atoms with Gasteiger partial charge in [-0.15, -0.1) is 11.3 Å². The van der Waals surface area contributed by atoms with Crippen LogP contribution in [0, 0.1) is 0 Å². The molecule has 4 aromatic rings. The number of hydrogen-bond acceptors (Lipinski definition) is 5. The highest BCUT2D eigenvalue weighted by Gasteiger charge is 2.19. The van der Waals surface area contributed by atoms with Gasteiger partial charge >= 0.3 is 5.69 Å². The predicted octanol–water partition coefficient (Wildman–Crippen LogP) is 3.38. The van der Waals surface area contributed by atoms with Gasteiger partial charge in [-0.05, 0) is 18.2 Å². The number of fused-ring (bicyclic) bond motifs is 3. The Morgan fingerprint density at radius 2 is 1.67 bits per heavy atom. The predicted molar refractivity (Wildman–Crippen MR) is 124 cm³/mol. The first-order chi connectivity index (χ1) is 14.6. The van der Waals surface area contributed by atoms with Crippen LogP contribution in [0.2, 0.25) is 5.02 Å². The molecular weight excluding hydrogens is 420 g/mol. The van der Waals surface area contributed by atoms with Crippen molar-refractivity contribution < 1.29 is 0 Å². The van der Waals surface area contributed by atoms with Gasteiger partial charge in [0.1, 0.15) is 4.70 Å². The number of aromatic amines is 1. The quantitative estimate of drug-likeness (QED) is 0.528. The second-order valence-electron chi connectivity index (χ2n) is 7.47. The number of nitrogens with one attached hydrogen (secondary N) is 1. The molecule has 1 N–H and O–H groups in total. The van der Waals surface area contributed by atoms with Crippen molar-refractivity contribution in [2.45, 2.75) is 6.54 Å². The zero-order valence-corrected chi connectivity index (χ0v) is 17.9. The molecular formula is C22H21ClN4O2S. The summed E-state index contributed by atoms with van der Waals surface area (Å²) in [5.74, 6) is 0. The van der Waals surface area contributed by atoms with Crippen LogP contribution in [0.4, 0.5) is 5.69 Å². The zero-order chi connectivity index (χ0) is 20.7. The number of para-hydroxylation sites is 1. The number of rotatable bonds is 4. The Morgan fingerprint density at radius 3 is 2.47 bits per heavy atom. The van der Waals surface area contributed by atoms with Gasteiger partial charge in [-0.3, -0.25) is 14.3 Å². The molecule has 0 amide bonds. The number of thiophene rings is 1. The molecule has 0 spiro atoms. The largest absolute Gasteiger partial charge is 0.368 e. The molecule has 2 aromatic carbocycles. The maximum Gasteiger partial charge on any atom is 0.328 e. The number of aromatic nitrogens is 2. The standard InChI is InChI=1S/C22H21ClN4O2S/c23-16-6-2-3-7-17(16)26-12-9-25(10-13-26)11-14-27-21(28)20-19(24-22(27)29)15-5-1-4-8-18(15)30-20/h1-8H,9-14H2,(H,24,29). The molecule has 0 aliphatic carbocycles. The van der Waals surface area contributed by atoms with E-state index in [-0.39, 0.29) is 11.2 Å². The highest BCUT2D eigenvalue weighted by Crippen LogP contribution is 2.29. The highest BCUT2D eigenvalue weighted by molar-refractivity contribution is 7.25. The molecule has 2 aromatic heterocycles. The molecule has 0 saturated carbocycles. The third kappa shape index (κ3) is 3.43. The van der Waals surface area contributed by atoms with Crippen LogP contribution in [0.5, 0.6) is 0 Å². The molecule has 8 heteroatoms. The van der Waals surface area contributed by atoms with Crippen LogP contribution in [-0.2, 0) is 6.54 Å². The molecule has 1 fully saturated rings. The van der Waals surface area contributed by atoms with Crippen LogP contribution in [0.25, 0.3) is 20.3 Å². The van der Waals surface area contributed by atoms with E-state index in [1.807, 2.05) is 48.5 Å². The first-order valence-corrected chi connectivity index (χ1v) is 11.2. The highest BCUT2D eigenvalue weighted by atomic mass is 35.5. The van der Waals surface area contributed by atoms with E-state index in [2.05, 4.69) is 14.8 Å². The Balaban J connectivity index is 1.31. The lowest BCUT2D eigenvalue weighted by molar-refractivity contribution is 0.246. The van der Waals surface area contributed by atoms with E-state index in [1.54, 1.807) is 0 Å². The van der Waals surface area contributed by atoms with Crippen molar-refractivity contribution in [1.82, 2.24) is 14.5 Å². The molecule has 30 heavy (non-hydrogen) atoms. The lowest BCUT2D eigenvalue weighted by atomic mass is 10.2. The topological polar surface area (TPSA) is 61.3 Å². The Morgan fingerprint density at radius 1 is 0.933 bits per heavy atom. The lowest BCUT2D eigenvalue weighted by Gasteiger charge is -2.36. The van der Waals surface area contributed by atoms with Gasteiger partial charge in [0, 0.05) is 49.4 Å². The van der Waals surface area contributed by atoms with Crippen LogP contribution >= 0.6 is 22.9 Å². The molecule has 154 valence electrons. The maximum absolute atomic E-state index is 13.0. The molecule has 0 atom stereocenters. The molecule has 1 aliphatic rings. The molecule has 1 saturated heterocycles. The van der Waals surface area contributed by atoms with Gasteiger partial charge in [0.15, 0.2) is 0 Å². The van der Waals surface area contributed by atoms with Crippen LogP contribution < -0.4 is 16.1 Å². The summed E-state index contributed by atoms with van der Waals surface area (Å²) in [7, 11) is 0. The molecule has 0 unspecified atom stereocenters. The summed E-state index contributed by atoms with van der Waals surface area (Å²) in [4.78, 5) is 33.1. The van der Waals surface area contributed by atoms with Crippen LogP contribution in [-0.4, -0.2) is 47.2 Å². The number of anilines is 1. The van der Waals surface area contributed by atoms with E-state index in [0.717, 1.165) is 47.0 Å². The first kappa shape index (κ1) is 19.4. The fourth-order valence-electron chi connectivity index (χ4n) is 4.07. The number of benzene rings is 2. The summed E-state index contributed by atoms with van der Waals surface area (Å²) in [6.45, 7) is 4.50. The molecule has 3 heterocycles. The van der Waals surface area contributed by atoms with Crippen LogP contribution in [0.1, 0.15) is 0 Å². The zero-order valence-electron chi connectivity index (χ0n) is 16.3. The summed E-state index contributed by atoms with van der Waals surface area (Å²) >= 11 is 7.75. The van der Waals surface area contributed by atoms with Crippen molar-refractivity contribution in [2.24, 2.45) is 0 Å². The fraction of sp³-hybridized carbons (Fsp3) is 0.273. The van der Waals surface area contributed by atoms with E-state index in [4.69, 9.17) is 11.6 Å². The lowest BCUT2D eigenvalue weighted by Crippen LogP contribution is -2.48. The third-order valence-electron chi connectivity index (χ3n) is 5.72. The minimum atomic E-state index is -0.342. The molecule has 0 bridgehead atoms. The molecule has 1 aliphatic heterocycles. The second kappa shape index (κ2) is 7.91. The van der Waals surface area contributed by atoms with E-state index >= 15 is 0 Å². The van der Waals surface area contributed by atoms with Gasteiger partial charge in [-0.2, -0.15) is 0 Å². The van der Waals surface area contributed by atoms with Crippen molar-refractivity contribution in [3.8, 4) is 0 Å². The summed E-state index contributed by atoms with van der Waals surface area (Å²) in [6.07, 6.45) is 0. The average molecular weight is 441 g/mol. The van der Waals surface area contributed by atoms with Gasteiger partial charge in [0.2, 0.25) is 0 Å². The van der Waals surface area contributed by atoms with E-state index in [9.17, 15) is 9.59 Å². The minimum absolute atomic E-state index is 0.204. The van der Waals surface area contributed by atoms with Gasteiger partial charge in [0.25, 0.3) is 5.56 Å². The Labute approximate surface area is 181 Å². The van der Waals surface area contributed by atoms with Gasteiger partial charge in [-0.25, -0.2) is 4.79 Å². The van der Waals surface area contributed by atoms with Gasteiger partial charge in [0.05, 0.1) is 16.2 Å². The number of H-pyrrole nitrogens is 1. The summed E-state index contributed by atoms with van der Waals surface area (Å²) < 4.78 is 2.95. The number of hydrogen-bond donors (Lipinski definition) is 1. The summed E-state index contributed by atoms with van der Waals surface area (Å²) in [5.41, 5.74) is 1.16. The molecule has 6 nitrogen and oxygen atoms in total. The Hall–Kier alpha value is -2.61. The van der Waals surface area contributed by atoms with E-state index in [0.29, 0.717) is 23.3 Å². The smallest absolute Gasteiger partial charge is 0.328 e. The summed E-state index contributed by atoms with van der Waals surface area (Å²) in [6, 6.07) is 15.6. The van der Waals surface area contributed by atoms with Crippen LogP contribution in [0.15, 0.2) is 58.1 Å². The first-order valence-electron chi connectivity index (χ1n) is 9.98. The molecule has 5 rings (SSSR count). The van der Waals surface area contributed by atoms with Gasteiger partial charge < -0.3 is 9.88 Å². The van der Waals surface area contributed by atoms with Crippen molar-refractivity contribution in [3.63, 3.8) is 0 Å². The van der Waals surface area contributed by atoms with E-state index < -0.39 is 0 Å². The van der Waals surface area contributed by atoms with Crippen molar-refractivity contribution in [1.29, 1.82) is 0 Å².